The van der Waals surface area contributed by atoms with Crippen LogP contribution in [0.5, 0.6) is 0 Å². The standard InChI is InChI=1S/C9H16NO9P3/c1-7-2-4-8(5-3-7)9(21(14,15)16,22(17,18)19)10-6-20(11,12)13/h2-5,10H,6H2,1H3,(H2,11,12,13)(H2,14,15,16)(H2,17,18,19)/p-3. The molecule has 0 amide bonds. The molecule has 0 fully saturated rings. The molecule has 126 valence electrons. The summed E-state index contributed by atoms with van der Waals surface area (Å²) in [7, 11) is -17.0. The lowest BCUT2D eigenvalue weighted by molar-refractivity contribution is -0.214. The maximum atomic E-state index is 11.6. The average molecular weight is 372 g/mol. The lowest BCUT2D eigenvalue weighted by Crippen LogP contribution is -2.48. The van der Waals surface area contributed by atoms with Crippen LogP contribution in [0.1, 0.15) is 11.1 Å². The van der Waals surface area contributed by atoms with Crippen LogP contribution in [0.4, 0.5) is 0 Å². The highest BCUT2D eigenvalue weighted by atomic mass is 31.2. The Balaban J connectivity index is 3.60. The van der Waals surface area contributed by atoms with Crippen LogP contribution in [-0.4, -0.2) is 21.0 Å². The smallest absolute Gasteiger partial charge is 0.173 e. The van der Waals surface area contributed by atoms with Crippen LogP contribution in [-0.2, 0) is 18.7 Å². The number of rotatable bonds is 6. The van der Waals surface area contributed by atoms with Crippen LogP contribution in [0, 0.1) is 6.92 Å². The Bertz CT molecular complexity index is 648. The van der Waals surface area contributed by atoms with Gasteiger partial charge in [0.1, 0.15) is 7.60 Å². The molecule has 0 aromatic heterocycles. The first kappa shape index (κ1) is 19.7. The number of hydrogen-bond donors (Lipinski definition) is 4. The van der Waals surface area contributed by atoms with Crippen molar-refractivity contribution >= 4 is 22.8 Å². The molecule has 0 heterocycles. The zero-order chi connectivity index (χ0) is 17.4. The summed E-state index contributed by atoms with van der Waals surface area (Å²) in [5, 5.41) is -1.99. The molecule has 22 heavy (non-hydrogen) atoms. The molecule has 0 aliphatic heterocycles. The fraction of sp³-hybridized carbons (Fsp3) is 0.333. The van der Waals surface area contributed by atoms with Crippen LogP contribution in [0.3, 0.4) is 0 Å². The fourth-order valence-corrected chi connectivity index (χ4v) is 5.26. The molecule has 13 heteroatoms. The second-order valence-electron chi connectivity index (χ2n) is 4.55. The number of benzene rings is 1. The van der Waals surface area contributed by atoms with Gasteiger partial charge in [0.2, 0.25) is 0 Å². The highest BCUT2D eigenvalue weighted by Crippen LogP contribution is 2.69. The molecule has 1 rings (SSSR count). The molecule has 0 saturated heterocycles. The predicted octanol–water partition coefficient (Wildman–Crippen LogP) is -1.71. The maximum Gasteiger partial charge on any atom is 0.173 e. The lowest BCUT2D eigenvalue weighted by atomic mass is 10.1. The maximum absolute atomic E-state index is 11.6. The molecular formula is C9H13NO9P3-3. The minimum atomic E-state index is -5.91. The minimum Gasteiger partial charge on any atom is -0.778 e. The molecule has 0 saturated carbocycles. The van der Waals surface area contributed by atoms with E-state index in [4.69, 9.17) is 4.89 Å². The minimum absolute atomic E-state index is 0.603. The summed E-state index contributed by atoms with van der Waals surface area (Å²) in [5.41, 5.74) is -0.0279. The van der Waals surface area contributed by atoms with E-state index >= 15 is 0 Å². The molecule has 4 N–H and O–H groups in total. The van der Waals surface area contributed by atoms with E-state index in [2.05, 4.69) is 0 Å². The van der Waals surface area contributed by atoms with Gasteiger partial charge in [0, 0.05) is 0 Å². The molecule has 0 spiro atoms. The zero-order valence-corrected chi connectivity index (χ0v) is 13.8. The second-order valence-corrected chi connectivity index (χ2v) is 9.92. The van der Waals surface area contributed by atoms with Gasteiger partial charge < -0.3 is 43.1 Å². The Labute approximate surface area is 125 Å². The van der Waals surface area contributed by atoms with Crippen LogP contribution in [0.25, 0.3) is 0 Å². The van der Waals surface area contributed by atoms with Crippen molar-refractivity contribution in [2.24, 2.45) is 0 Å². The normalized spacial score (nSPS) is 22.9. The van der Waals surface area contributed by atoms with Crippen LogP contribution in [0.2, 0.25) is 0 Å². The molecule has 3 unspecified atom stereocenters. The van der Waals surface area contributed by atoms with Crippen molar-refractivity contribution in [3.63, 3.8) is 0 Å². The first-order chi connectivity index (χ1) is 9.71. The van der Waals surface area contributed by atoms with Crippen molar-refractivity contribution < 1.29 is 43.1 Å². The Kier molecular flexibility index (Phi) is 5.60. The van der Waals surface area contributed by atoms with E-state index < -0.39 is 39.7 Å². The van der Waals surface area contributed by atoms with Crippen molar-refractivity contribution in [2.45, 2.75) is 11.9 Å². The fourth-order valence-electron chi connectivity index (χ4n) is 1.78. The third kappa shape index (κ3) is 4.13. The van der Waals surface area contributed by atoms with Gasteiger partial charge in [-0.2, -0.15) is 0 Å². The van der Waals surface area contributed by atoms with Gasteiger partial charge in [-0.1, -0.05) is 29.8 Å². The molecule has 0 bridgehead atoms. The number of nitrogens with one attached hydrogen (secondary N) is 1. The van der Waals surface area contributed by atoms with Crippen LogP contribution < -0.4 is 20.0 Å². The first-order valence-electron chi connectivity index (χ1n) is 5.63. The van der Waals surface area contributed by atoms with Gasteiger partial charge in [-0.15, -0.1) is 0 Å². The van der Waals surface area contributed by atoms with Crippen molar-refractivity contribution in [3.05, 3.63) is 35.4 Å². The van der Waals surface area contributed by atoms with Crippen LogP contribution in [0.15, 0.2) is 24.3 Å². The molecule has 1 aromatic carbocycles. The van der Waals surface area contributed by atoms with Gasteiger partial charge in [0.25, 0.3) is 0 Å². The lowest BCUT2D eigenvalue weighted by Gasteiger charge is -2.47. The molecule has 0 radical (unpaired) electrons. The highest BCUT2D eigenvalue weighted by molar-refractivity contribution is 7.70. The summed E-state index contributed by atoms with van der Waals surface area (Å²) in [5.74, 6) is 0. The Hall–Kier alpha value is -0.370. The highest BCUT2D eigenvalue weighted by Gasteiger charge is 2.50. The molecule has 0 aliphatic rings. The van der Waals surface area contributed by atoms with E-state index in [1.807, 2.05) is 0 Å². The summed E-state index contributed by atoms with van der Waals surface area (Å²) in [6, 6.07) is 4.51. The van der Waals surface area contributed by atoms with E-state index in [-0.39, 0.29) is 0 Å². The monoisotopic (exact) mass is 372 g/mol. The average Bonchev–Trinajstić information content (AvgIpc) is 2.26. The van der Waals surface area contributed by atoms with Gasteiger partial charge in [0.15, 0.2) is 20.2 Å². The Morgan fingerprint density at radius 3 is 1.73 bits per heavy atom. The molecule has 1 aromatic rings. The van der Waals surface area contributed by atoms with Gasteiger partial charge in [-0.3, -0.25) is 5.32 Å². The van der Waals surface area contributed by atoms with Gasteiger partial charge in [-0.25, -0.2) is 0 Å². The Morgan fingerprint density at radius 1 is 1.00 bits per heavy atom. The van der Waals surface area contributed by atoms with Crippen LogP contribution >= 0.6 is 22.8 Å². The van der Waals surface area contributed by atoms with E-state index in [0.717, 1.165) is 12.1 Å². The molecule has 3 atom stereocenters. The van der Waals surface area contributed by atoms with E-state index in [0.29, 0.717) is 5.56 Å². The summed E-state index contributed by atoms with van der Waals surface area (Å²) in [6.07, 6.45) is -1.51. The van der Waals surface area contributed by atoms with Crippen molar-refractivity contribution in [1.29, 1.82) is 0 Å². The summed E-state index contributed by atoms with van der Waals surface area (Å²) in [6.45, 7) is 1.60. The predicted molar refractivity (Wildman–Crippen MR) is 70.3 cm³/mol. The number of hydrogen-bond acceptors (Lipinski definition) is 7. The van der Waals surface area contributed by atoms with E-state index in [9.17, 15) is 38.2 Å². The topological polar surface area (TPSA) is 193 Å². The SMILES string of the molecule is Cc1ccc(C(NCP(=O)([O-])O)(P(=O)([O-])O)P(=O)([O-])O)cc1. The summed E-state index contributed by atoms with van der Waals surface area (Å²) in [4.78, 5) is 61.4. The molecule has 0 aliphatic carbocycles. The summed E-state index contributed by atoms with van der Waals surface area (Å²) < 4.78 is 34.0. The third-order valence-corrected chi connectivity index (χ3v) is 7.34. The molecule has 10 nitrogen and oxygen atoms in total. The Morgan fingerprint density at radius 2 is 1.41 bits per heavy atom. The second kappa shape index (κ2) is 6.26. The van der Waals surface area contributed by atoms with Gasteiger partial charge in [-0.05, 0) is 12.5 Å². The summed E-state index contributed by atoms with van der Waals surface area (Å²) >= 11 is 0. The van der Waals surface area contributed by atoms with E-state index in [1.54, 1.807) is 6.92 Å². The van der Waals surface area contributed by atoms with Gasteiger partial charge in [0.05, 0.1) is 6.29 Å². The third-order valence-electron chi connectivity index (χ3n) is 2.80. The van der Waals surface area contributed by atoms with Crippen molar-refractivity contribution in [1.82, 2.24) is 5.32 Å². The zero-order valence-electron chi connectivity index (χ0n) is 11.1. The van der Waals surface area contributed by atoms with Crippen molar-refractivity contribution in [2.75, 3.05) is 6.29 Å². The quantitative estimate of drug-likeness (QED) is 0.418. The van der Waals surface area contributed by atoms with E-state index in [1.165, 1.54) is 17.4 Å². The molecular weight excluding hydrogens is 359 g/mol. The van der Waals surface area contributed by atoms with Crippen molar-refractivity contribution in [3.8, 4) is 0 Å². The first-order valence-corrected chi connectivity index (χ1v) is 10.6. The largest absolute Gasteiger partial charge is 0.778 e. The van der Waals surface area contributed by atoms with Gasteiger partial charge >= 0.3 is 0 Å². The number of aryl methyl sites for hydroxylation is 1.